The molecular formula is C24H24ClN5. The number of fused-ring (bicyclic) bond motifs is 1. The number of nitrogens with zero attached hydrogens (tertiary/aromatic N) is 5. The minimum Gasteiger partial charge on any atom is -0.368 e. The number of hydrogen-bond acceptors (Lipinski definition) is 4. The Kier molecular flexibility index (Phi) is 4.83. The number of aromatic nitrogens is 3. The highest BCUT2D eigenvalue weighted by Gasteiger charge is 2.21. The minimum atomic E-state index is 0.777. The Labute approximate surface area is 181 Å². The fourth-order valence-electron chi connectivity index (χ4n) is 4.04. The average Bonchev–Trinajstić information content (AvgIpc) is 3.20. The molecule has 2 aromatic carbocycles. The molecule has 4 aromatic rings. The number of piperazine rings is 1. The molecule has 0 saturated carbocycles. The number of aryl methyl sites for hydroxylation is 2. The van der Waals surface area contributed by atoms with Gasteiger partial charge in [-0.25, -0.2) is 9.50 Å². The van der Waals surface area contributed by atoms with Crippen LogP contribution in [0, 0.1) is 13.8 Å². The molecule has 0 radical (unpaired) electrons. The summed E-state index contributed by atoms with van der Waals surface area (Å²) in [6.45, 7) is 7.95. The first-order valence-corrected chi connectivity index (χ1v) is 10.6. The van der Waals surface area contributed by atoms with Crippen LogP contribution in [0.5, 0.6) is 0 Å². The van der Waals surface area contributed by atoms with E-state index in [9.17, 15) is 0 Å². The Morgan fingerprint density at radius 3 is 2.43 bits per heavy atom. The summed E-state index contributed by atoms with van der Waals surface area (Å²) in [5, 5.41) is 5.58. The second kappa shape index (κ2) is 7.65. The van der Waals surface area contributed by atoms with Gasteiger partial charge in [0.25, 0.3) is 0 Å². The van der Waals surface area contributed by atoms with Crippen molar-refractivity contribution in [1.82, 2.24) is 14.6 Å². The highest BCUT2D eigenvalue weighted by Crippen LogP contribution is 2.28. The normalized spacial score (nSPS) is 14.5. The Hall–Kier alpha value is -3.05. The van der Waals surface area contributed by atoms with Crippen LogP contribution in [0.2, 0.25) is 5.02 Å². The standard InChI is InChI=1S/C24H24ClN5/c1-17-6-7-19(14-18(17)2)22-16-23-24(26-8-9-30(23)27-22)29-12-10-28(11-13-29)21-5-3-4-20(25)15-21/h3-9,14-16H,10-13H2,1-2H3. The van der Waals surface area contributed by atoms with Gasteiger partial charge in [0, 0.05) is 54.8 Å². The van der Waals surface area contributed by atoms with Gasteiger partial charge in [0.2, 0.25) is 0 Å². The molecule has 5 nitrogen and oxygen atoms in total. The van der Waals surface area contributed by atoms with Crippen LogP contribution in [-0.4, -0.2) is 40.8 Å². The SMILES string of the molecule is Cc1ccc(-c2cc3c(N4CCN(c5cccc(Cl)c5)CC4)nccn3n2)cc1C. The van der Waals surface area contributed by atoms with Crippen molar-refractivity contribution in [3.63, 3.8) is 0 Å². The zero-order valence-corrected chi connectivity index (χ0v) is 18.0. The molecule has 3 heterocycles. The maximum absolute atomic E-state index is 6.17. The van der Waals surface area contributed by atoms with Crippen molar-refractivity contribution in [1.29, 1.82) is 0 Å². The Morgan fingerprint density at radius 1 is 0.867 bits per heavy atom. The van der Waals surface area contributed by atoms with E-state index in [0.29, 0.717) is 0 Å². The minimum absolute atomic E-state index is 0.777. The van der Waals surface area contributed by atoms with Crippen LogP contribution in [0.1, 0.15) is 11.1 Å². The summed E-state index contributed by atoms with van der Waals surface area (Å²) in [6, 6.07) is 16.7. The Morgan fingerprint density at radius 2 is 1.67 bits per heavy atom. The number of anilines is 2. The van der Waals surface area contributed by atoms with Gasteiger partial charge in [-0.15, -0.1) is 0 Å². The Bertz CT molecular complexity index is 1210. The van der Waals surface area contributed by atoms with Gasteiger partial charge in [0.05, 0.1) is 5.69 Å². The summed E-state index contributed by atoms with van der Waals surface area (Å²) in [4.78, 5) is 9.43. The summed E-state index contributed by atoms with van der Waals surface area (Å²) in [7, 11) is 0. The van der Waals surface area contributed by atoms with Crippen molar-refractivity contribution in [2.75, 3.05) is 36.0 Å². The number of halogens is 1. The van der Waals surface area contributed by atoms with E-state index in [1.54, 1.807) is 0 Å². The highest BCUT2D eigenvalue weighted by atomic mass is 35.5. The molecule has 30 heavy (non-hydrogen) atoms. The zero-order valence-electron chi connectivity index (χ0n) is 17.2. The highest BCUT2D eigenvalue weighted by molar-refractivity contribution is 6.30. The second-order valence-electron chi connectivity index (χ2n) is 7.86. The van der Waals surface area contributed by atoms with Gasteiger partial charge >= 0.3 is 0 Å². The lowest BCUT2D eigenvalue weighted by atomic mass is 10.0. The van der Waals surface area contributed by atoms with Crippen molar-refractivity contribution in [3.05, 3.63) is 77.1 Å². The van der Waals surface area contributed by atoms with Crippen molar-refractivity contribution in [2.24, 2.45) is 0 Å². The fraction of sp³-hybridized carbons (Fsp3) is 0.250. The largest absolute Gasteiger partial charge is 0.368 e. The van der Waals surface area contributed by atoms with Crippen LogP contribution < -0.4 is 9.80 Å². The van der Waals surface area contributed by atoms with Crippen LogP contribution in [-0.2, 0) is 0 Å². The molecule has 0 aliphatic carbocycles. The smallest absolute Gasteiger partial charge is 0.154 e. The van der Waals surface area contributed by atoms with Crippen LogP contribution >= 0.6 is 11.6 Å². The Balaban J connectivity index is 1.41. The monoisotopic (exact) mass is 417 g/mol. The van der Waals surface area contributed by atoms with E-state index in [2.05, 4.69) is 54.0 Å². The predicted octanol–water partition coefficient (Wildman–Crippen LogP) is 4.99. The molecule has 5 rings (SSSR count). The molecule has 0 bridgehead atoms. The molecule has 0 N–H and O–H groups in total. The molecule has 0 atom stereocenters. The van der Waals surface area contributed by atoms with Crippen LogP contribution in [0.15, 0.2) is 60.9 Å². The van der Waals surface area contributed by atoms with Gasteiger partial charge in [-0.2, -0.15) is 5.10 Å². The second-order valence-corrected chi connectivity index (χ2v) is 8.30. The van der Waals surface area contributed by atoms with Gasteiger partial charge in [-0.3, -0.25) is 0 Å². The number of benzene rings is 2. The molecule has 1 aliphatic rings. The molecule has 152 valence electrons. The quantitative estimate of drug-likeness (QED) is 0.470. The molecular weight excluding hydrogens is 394 g/mol. The first-order valence-electron chi connectivity index (χ1n) is 10.3. The van der Waals surface area contributed by atoms with Crippen LogP contribution in [0.4, 0.5) is 11.5 Å². The van der Waals surface area contributed by atoms with Gasteiger partial charge in [-0.05, 0) is 55.3 Å². The third kappa shape index (κ3) is 3.50. The van der Waals surface area contributed by atoms with E-state index >= 15 is 0 Å². The summed E-state index contributed by atoms with van der Waals surface area (Å²) >= 11 is 6.17. The summed E-state index contributed by atoms with van der Waals surface area (Å²) < 4.78 is 1.94. The van der Waals surface area contributed by atoms with Crippen LogP contribution in [0.3, 0.4) is 0 Å². The maximum Gasteiger partial charge on any atom is 0.154 e. The van der Waals surface area contributed by atoms with Crippen molar-refractivity contribution >= 4 is 28.6 Å². The van der Waals surface area contributed by atoms with E-state index in [1.807, 2.05) is 35.1 Å². The van der Waals surface area contributed by atoms with Crippen LogP contribution in [0.25, 0.3) is 16.8 Å². The topological polar surface area (TPSA) is 36.7 Å². The molecule has 0 spiro atoms. The predicted molar refractivity (Wildman–Crippen MR) is 124 cm³/mol. The van der Waals surface area contributed by atoms with Gasteiger partial charge in [-0.1, -0.05) is 29.8 Å². The summed E-state index contributed by atoms with van der Waals surface area (Å²) in [6.07, 6.45) is 3.76. The lowest BCUT2D eigenvalue weighted by Crippen LogP contribution is -2.47. The van der Waals surface area contributed by atoms with E-state index in [0.717, 1.165) is 53.8 Å². The van der Waals surface area contributed by atoms with Gasteiger partial charge in [0.15, 0.2) is 5.82 Å². The van der Waals surface area contributed by atoms with Crippen molar-refractivity contribution in [2.45, 2.75) is 13.8 Å². The van der Waals surface area contributed by atoms with Gasteiger partial charge in [0.1, 0.15) is 5.52 Å². The summed E-state index contributed by atoms with van der Waals surface area (Å²) in [5.74, 6) is 0.992. The third-order valence-corrected chi connectivity index (χ3v) is 6.16. The average molecular weight is 418 g/mol. The molecule has 1 aliphatic heterocycles. The molecule has 0 amide bonds. The first kappa shape index (κ1) is 18.9. The fourth-order valence-corrected chi connectivity index (χ4v) is 4.23. The number of hydrogen-bond donors (Lipinski definition) is 0. The molecule has 0 unspecified atom stereocenters. The molecule has 2 aromatic heterocycles. The third-order valence-electron chi connectivity index (χ3n) is 5.92. The lowest BCUT2D eigenvalue weighted by Gasteiger charge is -2.36. The van der Waals surface area contributed by atoms with Gasteiger partial charge < -0.3 is 9.80 Å². The first-order chi connectivity index (χ1) is 14.6. The van der Waals surface area contributed by atoms with E-state index in [1.165, 1.54) is 16.8 Å². The molecule has 1 saturated heterocycles. The number of rotatable bonds is 3. The maximum atomic E-state index is 6.17. The molecule has 6 heteroatoms. The lowest BCUT2D eigenvalue weighted by molar-refractivity contribution is 0.647. The van der Waals surface area contributed by atoms with E-state index < -0.39 is 0 Å². The van der Waals surface area contributed by atoms with Crippen molar-refractivity contribution in [3.8, 4) is 11.3 Å². The summed E-state index contributed by atoms with van der Waals surface area (Å²) in [5.41, 5.74) is 6.91. The van der Waals surface area contributed by atoms with E-state index in [4.69, 9.17) is 21.7 Å². The zero-order chi connectivity index (χ0) is 20.7. The van der Waals surface area contributed by atoms with Crippen molar-refractivity contribution < 1.29 is 0 Å². The van der Waals surface area contributed by atoms with E-state index in [-0.39, 0.29) is 0 Å². The molecule has 1 fully saturated rings.